The minimum absolute atomic E-state index is 0.428. The lowest BCUT2D eigenvalue weighted by atomic mass is 9.97. The first-order valence-electron chi connectivity index (χ1n) is 5.39. The van der Waals surface area contributed by atoms with E-state index < -0.39 is 6.10 Å². The Balaban J connectivity index is 2.20. The van der Waals surface area contributed by atoms with E-state index in [4.69, 9.17) is 10.5 Å². The summed E-state index contributed by atoms with van der Waals surface area (Å²) in [5.74, 6) is 0. The number of aliphatic hydroxyl groups excluding tert-OH is 1. The Bertz CT molecular complexity index is 338. The van der Waals surface area contributed by atoms with Crippen molar-refractivity contribution in [3.05, 3.63) is 34.9 Å². The number of hydrogen-bond donors (Lipinski definition) is 2. The average Bonchev–Trinajstić information content (AvgIpc) is 2.29. The summed E-state index contributed by atoms with van der Waals surface area (Å²) in [4.78, 5) is 0. The topological polar surface area (TPSA) is 55.5 Å². The molecule has 1 heterocycles. The van der Waals surface area contributed by atoms with Crippen molar-refractivity contribution in [2.75, 3.05) is 13.2 Å². The minimum atomic E-state index is -0.428. The quantitative estimate of drug-likeness (QED) is 0.781. The second-order valence-corrected chi connectivity index (χ2v) is 3.92. The third kappa shape index (κ3) is 2.37. The number of rotatable bonds is 3. The maximum Gasteiger partial charge on any atom is 0.0802 e. The van der Waals surface area contributed by atoms with E-state index in [1.807, 2.05) is 12.1 Å². The number of benzene rings is 1. The molecule has 2 rings (SSSR count). The van der Waals surface area contributed by atoms with E-state index in [0.717, 1.165) is 18.6 Å². The molecule has 1 aliphatic rings. The fraction of sp³-hybridized carbons (Fsp3) is 0.500. The van der Waals surface area contributed by atoms with Crippen molar-refractivity contribution in [3.63, 3.8) is 0 Å². The molecular weight excluding hydrogens is 190 g/mol. The second-order valence-electron chi connectivity index (χ2n) is 3.92. The maximum absolute atomic E-state index is 9.81. The standard InChI is InChI=1S/C12H17NO2/c13-5-3-12(14)10-1-2-11-8-15-6-4-9(11)7-10/h1-2,7,12,14H,3-6,8,13H2/t12-/m0/s1. The van der Waals surface area contributed by atoms with Gasteiger partial charge in [0.1, 0.15) is 0 Å². The van der Waals surface area contributed by atoms with Gasteiger partial charge in [-0.1, -0.05) is 18.2 Å². The number of aliphatic hydroxyl groups is 1. The molecule has 0 saturated carbocycles. The van der Waals surface area contributed by atoms with Gasteiger partial charge in [0.25, 0.3) is 0 Å². The number of nitrogens with two attached hydrogens (primary N) is 1. The van der Waals surface area contributed by atoms with E-state index in [0.29, 0.717) is 19.6 Å². The molecule has 0 fully saturated rings. The summed E-state index contributed by atoms with van der Waals surface area (Å²) >= 11 is 0. The normalized spacial score (nSPS) is 17.2. The van der Waals surface area contributed by atoms with E-state index in [1.165, 1.54) is 11.1 Å². The zero-order chi connectivity index (χ0) is 10.7. The number of ether oxygens (including phenoxy) is 1. The van der Waals surface area contributed by atoms with E-state index in [1.54, 1.807) is 0 Å². The van der Waals surface area contributed by atoms with Crippen LogP contribution >= 0.6 is 0 Å². The first-order chi connectivity index (χ1) is 7.31. The molecule has 0 spiro atoms. The van der Waals surface area contributed by atoms with Crippen LogP contribution in [0.25, 0.3) is 0 Å². The van der Waals surface area contributed by atoms with Crippen molar-refractivity contribution in [2.45, 2.75) is 25.6 Å². The van der Waals surface area contributed by atoms with Gasteiger partial charge in [-0.05, 0) is 36.1 Å². The molecule has 3 heteroatoms. The predicted molar refractivity (Wildman–Crippen MR) is 58.4 cm³/mol. The number of hydrogen-bond acceptors (Lipinski definition) is 3. The molecule has 3 nitrogen and oxygen atoms in total. The van der Waals surface area contributed by atoms with Crippen LogP contribution < -0.4 is 5.73 Å². The highest BCUT2D eigenvalue weighted by Crippen LogP contribution is 2.23. The highest BCUT2D eigenvalue weighted by atomic mass is 16.5. The molecule has 1 atom stereocenters. The van der Waals surface area contributed by atoms with Gasteiger partial charge in [0, 0.05) is 0 Å². The molecule has 0 radical (unpaired) electrons. The minimum Gasteiger partial charge on any atom is -0.388 e. The highest BCUT2D eigenvalue weighted by molar-refractivity contribution is 5.33. The number of fused-ring (bicyclic) bond motifs is 1. The molecule has 0 unspecified atom stereocenters. The van der Waals surface area contributed by atoms with Crippen molar-refractivity contribution in [2.24, 2.45) is 5.73 Å². The molecule has 15 heavy (non-hydrogen) atoms. The van der Waals surface area contributed by atoms with Crippen LogP contribution in [0.3, 0.4) is 0 Å². The van der Waals surface area contributed by atoms with E-state index >= 15 is 0 Å². The molecule has 0 saturated heterocycles. The molecule has 3 N–H and O–H groups in total. The molecule has 0 aromatic heterocycles. The highest BCUT2D eigenvalue weighted by Gasteiger charge is 2.12. The second kappa shape index (κ2) is 4.75. The smallest absolute Gasteiger partial charge is 0.0802 e. The van der Waals surface area contributed by atoms with Crippen LogP contribution in [0.1, 0.15) is 29.2 Å². The fourth-order valence-corrected chi connectivity index (χ4v) is 1.92. The van der Waals surface area contributed by atoms with Gasteiger partial charge in [-0.15, -0.1) is 0 Å². The molecule has 1 aromatic rings. The van der Waals surface area contributed by atoms with Gasteiger partial charge in [0.15, 0.2) is 0 Å². The summed E-state index contributed by atoms with van der Waals surface area (Å²) in [6.07, 6.45) is 1.14. The molecule has 1 aromatic carbocycles. The van der Waals surface area contributed by atoms with Crippen LogP contribution in [-0.4, -0.2) is 18.3 Å². The summed E-state index contributed by atoms with van der Waals surface area (Å²) in [6.45, 7) is 1.99. The van der Waals surface area contributed by atoms with Gasteiger partial charge in [-0.2, -0.15) is 0 Å². The first kappa shape index (κ1) is 10.6. The summed E-state index contributed by atoms with van der Waals surface area (Å²) < 4.78 is 5.36. The Kier molecular flexibility index (Phi) is 3.36. The van der Waals surface area contributed by atoms with Crippen molar-refractivity contribution < 1.29 is 9.84 Å². The van der Waals surface area contributed by atoms with Crippen molar-refractivity contribution >= 4 is 0 Å². The van der Waals surface area contributed by atoms with Gasteiger partial charge in [0.05, 0.1) is 19.3 Å². The van der Waals surface area contributed by atoms with Crippen LogP contribution in [0.15, 0.2) is 18.2 Å². The first-order valence-corrected chi connectivity index (χ1v) is 5.39. The zero-order valence-corrected chi connectivity index (χ0v) is 8.78. The van der Waals surface area contributed by atoms with Gasteiger partial charge in [0.2, 0.25) is 0 Å². The summed E-state index contributed by atoms with van der Waals surface area (Å²) in [5.41, 5.74) is 8.94. The molecule has 0 aliphatic carbocycles. The van der Waals surface area contributed by atoms with Crippen LogP contribution in [0.2, 0.25) is 0 Å². The van der Waals surface area contributed by atoms with Crippen LogP contribution in [0.5, 0.6) is 0 Å². The Labute approximate surface area is 89.9 Å². The Morgan fingerprint density at radius 2 is 2.27 bits per heavy atom. The van der Waals surface area contributed by atoms with E-state index in [-0.39, 0.29) is 0 Å². The third-order valence-electron chi connectivity index (χ3n) is 2.83. The van der Waals surface area contributed by atoms with Crippen LogP contribution in [0.4, 0.5) is 0 Å². The summed E-state index contributed by atoms with van der Waals surface area (Å²) in [5, 5.41) is 9.81. The van der Waals surface area contributed by atoms with Crippen LogP contribution in [-0.2, 0) is 17.8 Å². The Hall–Kier alpha value is -0.900. The Morgan fingerprint density at radius 3 is 3.07 bits per heavy atom. The average molecular weight is 207 g/mol. The fourth-order valence-electron chi connectivity index (χ4n) is 1.92. The van der Waals surface area contributed by atoms with E-state index in [2.05, 4.69) is 6.07 Å². The lowest BCUT2D eigenvalue weighted by Gasteiger charge is -2.18. The van der Waals surface area contributed by atoms with Crippen molar-refractivity contribution in [3.8, 4) is 0 Å². The van der Waals surface area contributed by atoms with Gasteiger partial charge in [-0.3, -0.25) is 0 Å². The lowest BCUT2D eigenvalue weighted by molar-refractivity contribution is 0.110. The molecule has 82 valence electrons. The maximum atomic E-state index is 9.81. The monoisotopic (exact) mass is 207 g/mol. The molecule has 1 aliphatic heterocycles. The van der Waals surface area contributed by atoms with Gasteiger partial charge < -0.3 is 15.6 Å². The SMILES string of the molecule is NCC[C@H](O)c1ccc2c(c1)CCOC2. The summed E-state index contributed by atoms with van der Waals surface area (Å²) in [7, 11) is 0. The lowest BCUT2D eigenvalue weighted by Crippen LogP contribution is -2.12. The van der Waals surface area contributed by atoms with Gasteiger partial charge in [-0.25, -0.2) is 0 Å². The molecule has 0 amide bonds. The largest absolute Gasteiger partial charge is 0.388 e. The zero-order valence-electron chi connectivity index (χ0n) is 8.78. The Morgan fingerprint density at radius 1 is 1.40 bits per heavy atom. The third-order valence-corrected chi connectivity index (χ3v) is 2.83. The van der Waals surface area contributed by atoms with Crippen LogP contribution in [0, 0.1) is 0 Å². The van der Waals surface area contributed by atoms with Gasteiger partial charge >= 0.3 is 0 Å². The van der Waals surface area contributed by atoms with E-state index in [9.17, 15) is 5.11 Å². The predicted octanol–water partition coefficient (Wildman–Crippen LogP) is 1.14. The van der Waals surface area contributed by atoms with Crippen molar-refractivity contribution in [1.29, 1.82) is 0 Å². The molecule has 0 bridgehead atoms. The summed E-state index contributed by atoms with van der Waals surface area (Å²) in [6, 6.07) is 6.09. The molecular formula is C12H17NO2. The van der Waals surface area contributed by atoms with Crippen molar-refractivity contribution in [1.82, 2.24) is 0 Å².